The Hall–Kier alpha value is -4.20. The van der Waals surface area contributed by atoms with Gasteiger partial charge >= 0.3 is 0 Å². The highest BCUT2D eigenvalue weighted by Crippen LogP contribution is 2.53. The SMILES string of the molecule is COc1ccccc1C(=O)CC(=O)c1c(O)c(OC)c(OC)c(OC)c1OCc1ccccc1. The van der Waals surface area contributed by atoms with Crippen LogP contribution in [0.15, 0.2) is 54.6 Å². The molecule has 0 saturated heterocycles. The molecule has 0 radical (unpaired) electrons. The van der Waals surface area contributed by atoms with Crippen LogP contribution in [0.5, 0.6) is 34.5 Å². The third kappa shape index (κ3) is 4.91. The molecule has 0 bridgehead atoms. The summed E-state index contributed by atoms with van der Waals surface area (Å²) in [5, 5.41) is 11.0. The molecule has 3 aromatic rings. The zero-order valence-electron chi connectivity index (χ0n) is 19.4. The van der Waals surface area contributed by atoms with Gasteiger partial charge in [0, 0.05) is 0 Å². The molecule has 1 N–H and O–H groups in total. The fourth-order valence-electron chi connectivity index (χ4n) is 3.54. The number of Topliss-reactive ketones (excluding diaryl/α,β-unsaturated/α-hetero) is 2. The van der Waals surface area contributed by atoms with E-state index in [0.717, 1.165) is 5.56 Å². The molecule has 34 heavy (non-hydrogen) atoms. The van der Waals surface area contributed by atoms with Crippen molar-refractivity contribution in [2.75, 3.05) is 28.4 Å². The number of carbonyl (C=O) groups is 2. The number of aromatic hydroxyl groups is 1. The standard InChI is InChI=1S/C26H26O8/c1-30-20-13-9-8-12-17(20)18(27)14-19(28)21-22(29)24(31-2)26(33-4)25(32-3)23(21)34-15-16-10-6-5-7-11-16/h5-13,29H,14-15H2,1-4H3. The van der Waals surface area contributed by atoms with Crippen molar-refractivity contribution in [3.8, 4) is 34.5 Å². The summed E-state index contributed by atoms with van der Waals surface area (Å²) in [6, 6.07) is 15.8. The lowest BCUT2D eigenvalue weighted by Gasteiger charge is -2.21. The van der Waals surface area contributed by atoms with E-state index in [1.165, 1.54) is 28.4 Å². The summed E-state index contributed by atoms with van der Waals surface area (Å²) >= 11 is 0. The number of rotatable bonds is 11. The van der Waals surface area contributed by atoms with Gasteiger partial charge in [0.2, 0.25) is 17.2 Å². The minimum absolute atomic E-state index is 0.0539. The number of phenols is 1. The Morgan fingerprint density at radius 3 is 1.91 bits per heavy atom. The molecule has 0 heterocycles. The average molecular weight is 466 g/mol. The number of methoxy groups -OCH3 is 4. The molecule has 0 aliphatic heterocycles. The Morgan fingerprint density at radius 1 is 0.706 bits per heavy atom. The minimum Gasteiger partial charge on any atom is -0.504 e. The van der Waals surface area contributed by atoms with Gasteiger partial charge in [-0.2, -0.15) is 0 Å². The van der Waals surface area contributed by atoms with Gasteiger partial charge in [-0.1, -0.05) is 42.5 Å². The maximum atomic E-state index is 13.4. The highest BCUT2D eigenvalue weighted by Gasteiger charge is 2.32. The first-order valence-electron chi connectivity index (χ1n) is 10.4. The molecule has 0 aliphatic rings. The van der Waals surface area contributed by atoms with Gasteiger partial charge in [0.1, 0.15) is 17.9 Å². The van der Waals surface area contributed by atoms with Gasteiger partial charge in [-0.25, -0.2) is 0 Å². The number of benzene rings is 3. The lowest BCUT2D eigenvalue weighted by Crippen LogP contribution is -2.13. The number of ether oxygens (including phenoxy) is 5. The van der Waals surface area contributed by atoms with E-state index >= 15 is 0 Å². The minimum atomic E-state index is -0.685. The molecular formula is C26H26O8. The Labute approximate surface area is 197 Å². The average Bonchev–Trinajstić information content (AvgIpc) is 2.87. The molecule has 3 aromatic carbocycles. The van der Waals surface area contributed by atoms with Gasteiger partial charge in [-0.05, 0) is 17.7 Å². The molecule has 0 fully saturated rings. The summed E-state index contributed by atoms with van der Waals surface area (Å²) in [5.74, 6) is -1.39. The van der Waals surface area contributed by atoms with E-state index in [4.69, 9.17) is 23.7 Å². The lowest BCUT2D eigenvalue weighted by atomic mass is 9.98. The topological polar surface area (TPSA) is 101 Å². The molecule has 8 heteroatoms. The van der Waals surface area contributed by atoms with Crippen LogP contribution >= 0.6 is 0 Å². The number of phenolic OH excluding ortho intramolecular Hbond substituents is 1. The second-order valence-electron chi connectivity index (χ2n) is 7.15. The number of para-hydroxylation sites is 1. The van der Waals surface area contributed by atoms with Gasteiger partial charge in [0.15, 0.2) is 23.1 Å². The fraction of sp³-hybridized carbons (Fsp3) is 0.231. The van der Waals surface area contributed by atoms with Gasteiger partial charge in [-0.15, -0.1) is 0 Å². The molecule has 0 saturated carbocycles. The number of ketones is 2. The van der Waals surface area contributed by atoms with E-state index in [1.807, 2.05) is 30.3 Å². The summed E-state index contributed by atoms with van der Waals surface area (Å²) < 4.78 is 27.3. The zero-order valence-corrected chi connectivity index (χ0v) is 19.4. The smallest absolute Gasteiger partial charge is 0.211 e. The largest absolute Gasteiger partial charge is 0.504 e. The van der Waals surface area contributed by atoms with Crippen LogP contribution in [0.1, 0.15) is 32.7 Å². The first-order chi connectivity index (χ1) is 16.5. The van der Waals surface area contributed by atoms with Crippen molar-refractivity contribution >= 4 is 11.6 Å². The van der Waals surface area contributed by atoms with E-state index < -0.39 is 23.7 Å². The van der Waals surface area contributed by atoms with Crippen molar-refractivity contribution in [3.05, 3.63) is 71.3 Å². The van der Waals surface area contributed by atoms with E-state index in [-0.39, 0.29) is 40.7 Å². The molecule has 8 nitrogen and oxygen atoms in total. The third-order valence-electron chi connectivity index (χ3n) is 5.14. The Bertz CT molecular complexity index is 1170. The Morgan fingerprint density at radius 2 is 1.29 bits per heavy atom. The Balaban J connectivity index is 2.07. The predicted octanol–water partition coefficient (Wildman–Crippen LogP) is 4.46. The van der Waals surface area contributed by atoms with E-state index in [2.05, 4.69) is 0 Å². The number of hydrogen-bond acceptors (Lipinski definition) is 8. The molecule has 0 spiro atoms. The maximum absolute atomic E-state index is 13.4. The summed E-state index contributed by atoms with van der Waals surface area (Å²) in [7, 11) is 5.50. The monoisotopic (exact) mass is 466 g/mol. The van der Waals surface area contributed by atoms with Crippen LogP contribution < -0.4 is 23.7 Å². The predicted molar refractivity (Wildman–Crippen MR) is 125 cm³/mol. The highest BCUT2D eigenvalue weighted by molar-refractivity contribution is 6.17. The van der Waals surface area contributed by atoms with Gasteiger partial charge in [0.25, 0.3) is 0 Å². The third-order valence-corrected chi connectivity index (χ3v) is 5.14. The second-order valence-corrected chi connectivity index (χ2v) is 7.15. The normalized spacial score (nSPS) is 10.4. The lowest BCUT2D eigenvalue weighted by molar-refractivity contribution is 0.0888. The molecule has 3 rings (SSSR count). The first-order valence-corrected chi connectivity index (χ1v) is 10.4. The fourth-order valence-corrected chi connectivity index (χ4v) is 3.54. The van der Waals surface area contributed by atoms with Crippen molar-refractivity contribution in [2.24, 2.45) is 0 Å². The van der Waals surface area contributed by atoms with Crippen molar-refractivity contribution < 1.29 is 38.4 Å². The Kier molecular flexibility index (Phi) is 7.97. The van der Waals surface area contributed by atoms with Crippen LogP contribution in [0, 0.1) is 0 Å². The van der Waals surface area contributed by atoms with Crippen molar-refractivity contribution in [1.82, 2.24) is 0 Å². The van der Waals surface area contributed by atoms with E-state index in [9.17, 15) is 14.7 Å². The molecule has 0 aromatic heterocycles. The van der Waals surface area contributed by atoms with Gasteiger partial charge in [-0.3, -0.25) is 9.59 Å². The first kappa shape index (κ1) is 24.4. The van der Waals surface area contributed by atoms with Gasteiger partial charge < -0.3 is 28.8 Å². The molecular weight excluding hydrogens is 440 g/mol. The van der Waals surface area contributed by atoms with Crippen LogP contribution in [0.2, 0.25) is 0 Å². The molecule has 0 unspecified atom stereocenters. The van der Waals surface area contributed by atoms with E-state index in [1.54, 1.807) is 24.3 Å². The molecule has 178 valence electrons. The van der Waals surface area contributed by atoms with Crippen LogP contribution in [-0.2, 0) is 6.61 Å². The highest BCUT2D eigenvalue weighted by atomic mass is 16.5. The zero-order chi connectivity index (χ0) is 24.7. The van der Waals surface area contributed by atoms with E-state index in [0.29, 0.717) is 5.75 Å². The number of carbonyl (C=O) groups excluding carboxylic acids is 2. The summed E-state index contributed by atoms with van der Waals surface area (Å²) in [4.78, 5) is 26.3. The quantitative estimate of drug-likeness (QED) is 0.327. The molecule has 0 atom stereocenters. The summed E-state index contributed by atoms with van der Waals surface area (Å²) in [5.41, 5.74) is 0.827. The van der Waals surface area contributed by atoms with Crippen LogP contribution in [0.4, 0.5) is 0 Å². The molecule has 0 amide bonds. The van der Waals surface area contributed by atoms with Crippen LogP contribution in [0.3, 0.4) is 0 Å². The van der Waals surface area contributed by atoms with Crippen LogP contribution in [0.25, 0.3) is 0 Å². The van der Waals surface area contributed by atoms with Gasteiger partial charge in [0.05, 0.1) is 40.4 Å². The molecule has 0 aliphatic carbocycles. The maximum Gasteiger partial charge on any atom is 0.211 e. The van der Waals surface area contributed by atoms with Crippen molar-refractivity contribution in [1.29, 1.82) is 0 Å². The summed E-state index contributed by atoms with van der Waals surface area (Å²) in [6.45, 7) is 0.0762. The van der Waals surface area contributed by atoms with Crippen molar-refractivity contribution in [3.63, 3.8) is 0 Å². The van der Waals surface area contributed by atoms with Crippen LogP contribution in [-0.4, -0.2) is 45.1 Å². The summed E-state index contributed by atoms with van der Waals surface area (Å²) in [6.07, 6.45) is -0.547. The second kappa shape index (κ2) is 11.1. The van der Waals surface area contributed by atoms with Crippen molar-refractivity contribution in [2.45, 2.75) is 13.0 Å². The number of hydrogen-bond donors (Lipinski definition) is 1.